The molecule has 2 aromatic rings. The summed E-state index contributed by atoms with van der Waals surface area (Å²) in [5, 5.41) is 39.1. The Morgan fingerprint density at radius 3 is 2.52 bits per heavy atom. The molecule has 1 aromatic heterocycles. The standard InChI is InChI=1S/C16H16O9/c1-6-4-10(17)24-9-5-7(2-3-8(6)9)23-16-13(20)11(18)12(19)14(25-16)15(21)22/h2-5,11-14,16,18-20H,1H3,(H,21,22)/t11-,12+,13-,14-,16+/m1/s1. The molecule has 5 atom stereocenters. The van der Waals surface area contributed by atoms with Crippen molar-refractivity contribution in [3.63, 3.8) is 0 Å². The lowest BCUT2D eigenvalue weighted by Gasteiger charge is -2.38. The van der Waals surface area contributed by atoms with Crippen LogP contribution in [-0.4, -0.2) is 57.1 Å². The Morgan fingerprint density at radius 1 is 1.12 bits per heavy atom. The minimum Gasteiger partial charge on any atom is -0.479 e. The molecule has 1 aliphatic rings. The van der Waals surface area contributed by atoms with E-state index in [9.17, 15) is 24.9 Å². The van der Waals surface area contributed by atoms with Gasteiger partial charge < -0.3 is 34.3 Å². The second-order valence-corrected chi connectivity index (χ2v) is 5.76. The lowest BCUT2D eigenvalue weighted by Crippen LogP contribution is -2.61. The zero-order valence-electron chi connectivity index (χ0n) is 13.0. The van der Waals surface area contributed by atoms with Crippen LogP contribution in [-0.2, 0) is 9.53 Å². The van der Waals surface area contributed by atoms with Crippen molar-refractivity contribution in [2.24, 2.45) is 0 Å². The van der Waals surface area contributed by atoms with Crippen LogP contribution in [0, 0.1) is 6.92 Å². The molecule has 2 heterocycles. The summed E-state index contributed by atoms with van der Waals surface area (Å²) in [6.45, 7) is 1.74. The summed E-state index contributed by atoms with van der Waals surface area (Å²) >= 11 is 0. The van der Waals surface area contributed by atoms with Crippen molar-refractivity contribution in [1.29, 1.82) is 0 Å². The molecule has 0 saturated carbocycles. The molecule has 1 aromatic carbocycles. The first-order chi connectivity index (χ1) is 11.8. The fourth-order valence-corrected chi connectivity index (χ4v) is 2.66. The predicted octanol–water partition coefficient (Wildman–Crippen LogP) is -0.628. The van der Waals surface area contributed by atoms with Crippen LogP contribution >= 0.6 is 0 Å². The molecule has 1 aliphatic heterocycles. The Hall–Kier alpha value is -2.46. The number of hydrogen-bond acceptors (Lipinski definition) is 8. The van der Waals surface area contributed by atoms with Gasteiger partial charge >= 0.3 is 11.6 Å². The maximum Gasteiger partial charge on any atom is 0.336 e. The van der Waals surface area contributed by atoms with Gasteiger partial charge in [0.2, 0.25) is 6.29 Å². The lowest BCUT2D eigenvalue weighted by atomic mass is 9.99. The highest BCUT2D eigenvalue weighted by Crippen LogP contribution is 2.27. The number of aliphatic hydroxyl groups excluding tert-OH is 3. The summed E-state index contributed by atoms with van der Waals surface area (Å²) in [6.07, 6.45) is -8.53. The largest absolute Gasteiger partial charge is 0.479 e. The second-order valence-electron chi connectivity index (χ2n) is 5.76. The van der Waals surface area contributed by atoms with Crippen LogP contribution < -0.4 is 10.4 Å². The second kappa shape index (κ2) is 6.45. The maximum atomic E-state index is 11.5. The molecule has 3 rings (SSSR count). The zero-order chi connectivity index (χ0) is 18.3. The number of carboxylic acid groups (broad SMARTS) is 1. The van der Waals surface area contributed by atoms with Gasteiger partial charge in [0.15, 0.2) is 6.10 Å². The normalized spacial score (nSPS) is 29.5. The van der Waals surface area contributed by atoms with Gasteiger partial charge in [0, 0.05) is 17.5 Å². The number of hydrogen-bond donors (Lipinski definition) is 4. The third-order valence-corrected chi connectivity index (χ3v) is 3.99. The molecule has 9 nitrogen and oxygen atoms in total. The van der Waals surface area contributed by atoms with Crippen molar-refractivity contribution in [3.8, 4) is 5.75 Å². The van der Waals surface area contributed by atoms with E-state index in [0.29, 0.717) is 10.9 Å². The number of carboxylic acids is 1. The zero-order valence-corrected chi connectivity index (χ0v) is 13.0. The topological polar surface area (TPSA) is 147 Å². The molecule has 9 heteroatoms. The summed E-state index contributed by atoms with van der Waals surface area (Å²) in [5.41, 5.74) is 0.403. The monoisotopic (exact) mass is 352 g/mol. The minimum atomic E-state index is -1.80. The van der Waals surface area contributed by atoms with Gasteiger partial charge in [0.05, 0.1) is 0 Å². The Morgan fingerprint density at radius 2 is 1.84 bits per heavy atom. The molecule has 134 valence electrons. The highest BCUT2D eigenvalue weighted by molar-refractivity contribution is 5.81. The van der Waals surface area contributed by atoms with Gasteiger partial charge in [-0.1, -0.05) is 0 Å². The van der Waals surface area contributed by atoms with Crippen molar-refractivity contribution < 1.29 is 39.1 Å². The van der Waals surface area contributed by atoms with E-state index in [1.54, 1.807) is 13.0 Å². The van der Waals surface area contributed by atoms with Gasteiger partial charge in [-0.25, -0.2) is 9.59 Å². The van der Waals surface area contributed by atoms with Gasteiger partial charge in [-0.05, 0) is 24.6 Å². The van der Waals surface area contributed by atoms with Crippen LogP contribution in [0.4, 0.5) is 0 Å². The molecular weight excluding hydrogens is 336 g/mol. The summed E-state index contributed by atoms with van der Waals surface area (Å²) in [7, 11) is 0. The summed E-state index contributed by atoms with van der Waals surface area (Å²) in [4.78, 5) is 22.5. The van der Waals surface area contributed by atoms with Crippen molar-refractivity contribution >= 4 is 16.9 Å². The van der Waals surface area contributed by atoms with E-state index in [1.165, 1.54) is 18.2 Å². The number of rotatable bonds is 3. The average molecular weight is 352 g/mol. The molecule has 0 unspecified atom stereocenters. The van der Waals surface area contributed by atoms with Gasteiger partial charge in [-0.2, -0.15) is 0 Å². The molecular formula is C16H16O9. The number of fused-ring (bicyclic) bond motifs is 1. The first kappa shape index (κ1) is 17.4. The first-order valence-electron chi connectivity index (χ1n) is 7.41. The van der Waals surface area contributed by atoms with Crippen LogP contribution in [0.2, 0.25) is 0 Å². The molecule has 0 radical (unpaired) electrons. The maximum absolute atomic E-state index is 11.5. The number of benzene rings is 1. The molecule has 1 saturated heterocycles. The molecule has 1 fully saturated rings. The SMILES string of the molecule is Cc1cc(=O)oc2cc(O[C@H]3O[C@@H](C(=O)O)[C@@H](O)[C@@H](O)[C@H]3O)ccc12. The van der Waals surface area contributed by atoms with Gasteiger partial charge in [0.1, 0.15) is 29.6 Å². The smallest absolute Gasteiger partial charge is 0.336 e. The minimum absolute atomic E-state index is 0.123. The summed E-state index contributed by atoms with van der Waals surface area (Å²) < 4.78 is 15.5. The van der Waals surface area contributed by atoms with E-state index >= 15 is 0 Å². The van der Waals surface area contributed by atoms with E-state index in [4.69, 9.17) is 19.0 Å². The lowest BCUT2D eigenvalue weighted by molar-refractivity contribution is -0.271. The Kier molecular flexibility index (Phi) is 4.48. The fourth-order valence-electron chi connectivity index (χ4n) is 2.66. The number of ether oxygens (including phenoxy) is 2. The average Bonchev–Trinajstić information content (AvgIpc) is 2.54. The Bertz CT molecular complexity index is 858. The summed E-state index contributed by atoms with van der Waals surface area (Å²) in [5.74, 6) is -1.38. The van der Waals surface area contributed by atoms with Gasteiger partial charge in [0.25, 0.3) is 0 Å². The number of aryl methyl sites for hydroxylation is 1. The van der Waals surface area contributed by atoms with Crippen molar-refractivity contribution in [2.75, 3.05) is 0 Å². The quantitative estimate of drug-likeness (QED) is 0.530. The van der Waals surface area contributed by atoms with Crippen molar-refractivity contribution in [2.45, 2.75) is 37.6 Å². The number of aliphatic carboxylic acids is 1. The van der Waals surface area contributed by atoms with E-state index in [1.807, 2.05) is 0 Å². The highest BCUT2D eigenvalue weighted by Gasteiger charge is 2.48. The summed E-state index contributed by atoms with van der Waals surface area (Å²) in [6, 6.07) is 5.86. The Labute approximate surface area is 140 Å². The van der Waals surface area contributed by atoms with Crippen LogP contribution in [0.25, 0.3) is 11.0 Å². The molecule has 0 amide bonds. The third-order valence-electron chi connectivity index (χ3n) is 3.99. The van der Waals surface area contributed by atoms with Crippen molar-refractivity contribution in [3.05, 3.63) is 40.2 Å². The van der Waals surface area contributed by atoms with Crippen LogP contribution in [0.15, 0.2) is 33.5 Å². The van der Waals surface area contributed by atoms with Crippen LogP contribution in [0.1, 0.15) is 5.56 Å². The molecule has 4 N–H and O–H groups in total. The third kappa shape index (κ3) is 3.22. The molecule has 0 aliphatic carbocycles. The van der Waals surface area contributed by atoms with Crippen LogP contribution in [0.3, 0.4) is 0 Å². The van der Waals surface area contributed by atoms with E-state index in [2.05, 4.69) is 0 Å². The number of carbonyl (C=O) groups is 1. The molecule has 25 heavy (non-hydrogen) atoms. The van der Waals surface area contributed by atoms with Crippen molar-refractivity contribution in [1.82, 2.24) is 0 Å². The Balaban J connectivity index is 1.89. The van der Waals surface area contributed by atoms with Gasteiger partial charge in [-0.15, -0.1) is 0 Å². The van der Waals surface area contributed by atoms with Crippen LogP contribution in [0.5, 0.6) is 5.75 Å². The highest BCUT2D eigenvalue weighted by atomic mass is 16.7. The first-order valence-corrected chi connectivity index (χ1v) is 7.41. The predicted molar refractivity (Wildman–Crippen MR) is 82.2 cm³/mol. The molecule has 0 bridgehead atoms. The van der Waals surface area contributed by atoms with E-state index < -0.39 is 42.3 Å². The fraction of sp³-hybridized carbons (Fsp3) is 0.375. The molecule has 0 spiro atoms. The van der Waals surface area contributed by atoms with E-state index in [-0.39, 0.29) is 11.3 Å². The van der Waals surface area contributed by atoms with Gasteiger partial charge in [-0.3, -0.25) is 0 Å². The van der Waals surface area contributed by atoms with E-state index in [0.717, 1.165) is 0 Å². The number of aliphatic hydroxyl groups is 3.